The Balaban J connectivity index is 0.949. The quantitative estimate of drug-likeness (QED) is 0.166. The van der Waals surface area contributed by atoms with Gasteiger partial charge in [0.05, 0.1) is 0 Å². The van der Waals surface area contributed by atoms with Gasteiger partial charge in [-0.2, -0.15) is 0 Å². The van der Waals surface area contributed by atoms with E-state index in [1.54, 1.807) is 0 Å². The SMILES string of the molecule is c1ccc(-c2ccc3ccc4ccc(-c5ccc(-c6ccc7c(c6)c6ccccc6c6cc8c(cc76)oc6ccc7ccccc7c68)cc5)c5ccc2c3c45)cc1. The van der Waals surface area contributed by atoms with Gasteiger partial charge in [0.2, 0.25) is 0 Å². The van der Waals surface area contributed by atoms with E-state index >= 15 is 0 Å². The molecule has 0 aliphatic heterocycles. The van der Waals surface area contributed by atoms with E-state index in [2.05, 4.69) is 194 Å². The van der Waals surface area contributed by atoms with Crippen LogP contribution in [0.15, 0.2) is 199 Å². The molecule has 13 rings (SSSR count). The number of hydrogen-bond donors (Lipinski definition) is 0. The second kappa shape index (κ2) is 11.5. The first-order valence-corrected chi connectivity index (χ1v) is 19.7. The van der Waals surface area contributed by atoms with Crippen molar-refractivity contribution in [2.24, 2.45) is 0 Å². The van der Waals surface area contributed by atoms with Crippen LogP contribution in [0.25, 0.3) is 131 Å². The van der Waals surface area contributed by atoms with Crippen LogP contribution >= 0.6 is 0 Å². The molecule has 262 valence electrons. The monoisotopic (exact) mass is 720 g/mol. The number of hydrogen-bond acceptors (Lipinski definition) is 1. The van der Waals surface area contributed by atoms with Crippen molar-refractivity contribution in [1.82, 2.24) is 0 Å². The Morgan fingerprint density at radius 1 is 0.228 bits per heavy atom. The van der Waals surface area contributed by atoms with E-state index in [1.807, 2.05) is 0 Å². The van der Waals surface area contributed by atoms with Gasteiger partial charge >= 0.3 is 0 Å². The highest BCUT2D eigenvalue weighted by Gasteiger charge is 2.18. The molecule has 1 heterocycles. The van der Waals surface area contributed by atoms with Crippen molar-refractivity contribution in [3.63, 3.8) is 0 Å². The van der Waals surface area contributed by atoms with Crippen LogP contribution in [0.1, 0.15) is 0 Å². The topological polar surface area (TPSA) is 13.1 Å². The highest BCUT2D eigenvalue weighted by molar-refractivity contribution is 6.31. The molecule has 57 heavy (non-hydrogen) atoms. The normalized spacial score (nSPS) is 12.2. The minimum absolute atomic E-state index is 0.925. The van der Waals surface area contributed by atoms with E-state index in [0.717, 1.165) is 16.6 Å². The molecule has 0 spiro atoms. The third kappa shape index (κ3) is 4.40. The van der Waals surface area contributed by atoms with Crippen LogP contribution in [0.4, 0.5) is 0 Å². The Labute approximate surface area is 328 Å². The summed E-state index contributed by atoms with van der Waals surface area (Å²) < 4.78 is 6.55. The van der Waals surface area contributed by atoms with Gasteiger partial charge in [0, 0.05) is 10.8 Å². The number of benzene rings is 12. The van der Waals surface area contributed by atoms with Crippen molar-refractivity contribution in [2.45, 2.75) is 0 Å². The summed E-state index contributed by atoms with van der Waals surface area (Å²) in [7, 11) is 0. The van der Waals surface area contributed by atoms with Gasteiger partial charge in [0.15, 0.2) is 0 Å². The minimum Gasteiger partial charge on any atom is -0.456 e. The van der Waals surface area contributed by atoms with Crippen LogP contribution in [0.2, 0.25) is 0 Å². The molecule has 0 atom stereocenters. The molecule has 0 radical (unpaired) electrons. The Bertz CT molecular complexity index is 3780. The zero-order valence-electron chi connectivity index (χ0n) is 30.9. The lowest BCUT2D eigenvalue weighted by atomic mass is 9.87. The average molecular weight is 721 g/mol. The van der Waals surface area contributed by atoms with E-state index < -0.39 is 0 Å². The van der Waals surface area contributed by atoms with Crippen molar-refractivity contribution in [2.75, 3.05) is 0 Å². The number of fused-ring (bicyclic) bond motifs is 11. The molecule has 12 aromatic carbocycles. The molecule has 0 N–H and O–H groups in total. The maximum Gasteiger partial charge on any atom is 0.136 e. The van der Waals surface area contributed by atoms with Crippen LogP contribution in [0.3, 0.4) is 0 Å². The van der Waals surface area contributed by atoms with Crippen LogP contribution < -0.4 is 0 Å². The van der Waals surface area contributed by atoms with Gasteiger partial charge in [0.25, 0.3) is 0 Å². The van der Waals surface area contributed by atoms with Gasteiger partial charge in [-0.3, -0.25) is 0 Å². The van der Waals surface area contributed by atoms with E-state index in [1.165, 1.54) is 114 Å². The van der Waals surface area contributed by atoms with Gasteiger partial charge in [-0.15, -0.1) is 0 Å². The first-order chi connectivity index (χ1) is 28.2. The van der Waals surface area contributed by atoms with Crippen molar-refractivity contribution < 1.29 is 4.42 Å². The van der Waals surface area contributed by atoms with Crippen LogP contribution in [0, 0.1) is 0 Å². The van der Waals surface area contributed by atoms with E-state index in [0.29, 0.717) is 0 Å². The minimum atomic E-state index is 0.925. The van der Waals surface area contributed by atoms with Crippen molar-refractivity contribution >= 4 is 97.3 Å². The average Bonchev–Trinajstić information content (AvgIpc) is 3.66. The van der Waals surface area contributed by atoms with Crippen molar-refractivity contribution in [1.29, 1.82) is 0 Å². The summed E-state index contributed by atoms with van der Waals surface area (Å²) >= 11 is 0. The van der Waals surface area contributed by atoms with Crippen molar-refractivity contribution in [3.8, 4) is 33.4 Å². The largest absolute Gasteiger partial charge is 0.456 e. The Hall–Kier alpha value is -7.48. The molecule has 13 aromatic rings. The summed E-state index contributed by atoms with van der Waals surface area (Å²) in [6.07, 6.45) is 0. The van der Waals surface area contributed by atoms with Crippen molar-refractivity contribution in [3.05, 3.63) is 194 Å². The van der Waals surface area contributed by atoms with Gasteiger partial charge in [-0.25, -0.2) is 0 Å². The first kappa shape index (κ1) is 30.8. The van der Waals surface area contributed by atoms with E-state index in [4.69, 9.17) is 4.42 Å². The fraction of sp³-hybridized carbons (Fsp3) is 0. The Morgan fingerprint density at radius 3 is 1.46 bits per heavy atom. The Kier molecular flexibility index (Phi) is 6.23. The molecule has 0 amide bonds. The molecule has 0 aliphatic rings. The zero-order valence-corrected chi connectivity index (χ0v) is 30.9. The summed E-state index contributed by atoms with van der Waals surface area (Å²) in [5.41, 5.74) is 9.27. The summed E-state index contributed by atoms with van der Waals surface area (Å²) in [4.78, 5) is 0. The maximum absolute atomic E-state index is 6.55. The van der Waals surface area contributed by atoms with Gasteiger partial charge in [0.1, 0.15) is 11.2 Å². The molecule has 1 nitrogen and oxygen atoms in total. The fourth-order valence-corrected chi connectivity index (χ4v) is 9.94. The smallest absolute Gasteiger partial charge is 0.136 e. The molecule has 0 aliphatic carbocycles. The highest BCUT2D eigenvalue weighted by atomic mass is 16.3. The Morgan fingerprint density at radius 2 is 0.737 bits per heavy atom. The summed E-state index contributed by atoms with van der Waals surface area (Å²) in [5.74, 6) is 0. The molecular formula is C56H32O. The van der Waals surface area contributed by atoms with E-state index in [9.17, 15) is 0 Å². The third-order valence-corrected chi connectivity index (χ3v) is 12.6. The van der Waals surface area contributed by atoms with Gasteiger partial charge < -0.3 is 4.42 Å². The molecule has 1 heteroatoms. The maximum atomic E-state index is 6.55. The number of furan rings is 1. The number of rotatable bonds is 3. The second-order valence-electron chi connectivity index (χ2n) is 15.6. The molecule has 1 aromatic heterocycles. The molecule has 0 saturated heterocycles. The lowest BCUT2D eigenvalue weighted by Crippen LogP contribution is -1.89. The lowest BCUT2D eigenvalue weighted by molar-refractivity contribution is 0.670. The van der Waals surface area contributed by atoms with Crippen LogP contribution in [-0.2, 0) is 0 Å². The molecular weight excluding hydrogens is 689 g/mol. The first-order valence-electron chi connectivity index (χ1n) is 19.7. The van der Waals surface area contributed by atoms with Gasteiger partial charge in [-0.1, -0.05) is 170 Å². The third-order valence-electron chi connectivity index (χ3n) is 12.6. The lowest BCUT2D eigenvalue weighted by Gasteiger charge is -2.17. The molecule has 0 unspecified atom stereocenters. The standard InChI is InChI=1S/C56H32O/c1-2-8-34(9-3-1)40-24-20-37-18-19-38-21-25-41(47-28-27-46(40)54(37)55(38)47)36-16-14-33(15-17-36)39-22-26-45-48(30-39)43-12-6-7-13-44(43)49-31-51-53(32-50(45)49)57-52-29-23-35-10-4-5-11-42(35)56(51)52/h1-32H. The zero-order chi connectivity index (χ0) is 37.2. The molecule has 0 saturated carbocycles. The predicted octanol–water partition coefficient (Wildman–Crippen LogP) is 16.1. The van der Waals surface area contributed by atoms with Crippen LogP contribution in [-0.4, -0.2) is 0 Å². The molecule has 0 bridgehead atoms. The summed E-state index contributed by atoms with van der Waals surface area (Å²) in [6.45, 7) is 0. The van der Waals surface area contributed by atoms with E-state index in [-0.39, 0.29) is 0 Å². The molecule has 0 fully saturated rings. The summed E-state index contributed by atoms with van der Waals surface area (Å²) in [5, 5.41) is 20.1. The fourth-order valence-electron chi connectivity index (χ4n) is 9.94. The summed E-state index contributed by atoms with van der Waals surface area (Å²) in [6, 6.07) is 71.6. The predicted molar refractivity (Wildman–Crippen MR) is 244 cm³/mol. The van der Waals surface area contributed by atoms with Crippen LogP contribution in [0.5, 0.6) is 0 Å². The van der Waals surface area contributed by atoms with Gasteiger partial charge in [-0.05, 0) is 133 Å². The highest BCUT2D eigenvalue weighted by Crippen LogP contribution is 2.45. The second-order valence-corrected chi connectivity index (χ2v) is 15.6.